The Morgan fingerprint density at radius 3 is 2.48 bits per heavy atom. The first-order chi connectivity index (χ1) is 9.93. The molecule has 0 aliphatic rings. The van der Waals surface area contributed by atoms with Crippen LogP contribution in [0.5, 0.6) is 17.2 Å². The third kappa shape index (κ3) is 3.16. The molecule has 21 heavy (non-hydrogen) atoms. The molecule has 0 fully saturated rings. The van der Waals surface area contributed by atoms with Crippen LogP contribution in [-0.2, 0) is 0 Å². The zero-order valence-corrected chi connectivity index (χ0v) is 13.1. The minimum Gasteiger partial charge on any atom is -0.493 e. The summed E-state index contributed by atoms with van der Waals surface area (Å²) in [5.74, 6) is 0.102. The fraction of sp³-hybridized carbons (Fsp3) is 0.133. The van der Waals surface area contributed by atoms with Crippen molar-refractivity contribution in [2.45, 2.75) is 6.92 Å². The number of methoxy groups -OCH3 is 1. The summed E-state index contributed by atoms with van der Waals surface area (Å²) in [5.41, 5.74) is 6.66. The molecule has 4 nitrogen and oxygen atoms in total. The van der Waals surface area contributed by atoms with E-state index in [9.17, 15) is 4.39 Å². The summed E-state index contributed by atoms with van der Waals surface area (Å²) in [6, 6.07) is 8.29. The predicted octanol–water partition coefficient (Wildman–Crippen LogP) is 3.98. The van der Waals surface area contributed by atoms with Crippen LogP contribution in [0.1, 0.15) is 11.1 Å². The van der Waals surface area contributed by atoms with Gasteiger partial charge in [-0.15, -0.1) is 0 Å². The molecule has 0 unspecified atom stereocenters. The van der Waals surface area contributed by atoms with Crippen LogP contribution in [0, 0.1) is 18.2 Å². The second-order valence-corrected chi connectivity index (χ2v) is 5.20. The second kappa shape index (κ2) is 6.13. The van der Waals surface area contributed by atoms with Gasteiger partial charge in [-0.1, -0.05) is 6.07 Å². The number of amidine groups is 1. The number of halogens is 2. The molecule has 0 spiro atoms. The second-order valence-electron chi connectivity index (χ2n) is 4.41. The Bertz CT molecular complexity index is 704. The van der Waals surface area contributed by atoms with Crippen LogP contribution < -0.4 is 15.2 Å². The van der Waals surface area contributed by atoms with Gasteiger partial charge in [-0.3, -0.25) is 5.41 Å². The van der Waals surface area contributed by atoms with Gasteiger partial charge in [0.05, 0.1) is 11.6 Å². The first-order valence-electron chi connectivity index (χ1n) is 6.09. The van der Waals surface area contributed by atoms with Gasteiger partial charge in [0.2, 0.25) is 0 Å². The van der Waals surface area contributed by atoms with Crippen molar-refractivity contribution in [3.8, 4) is 17.2 Å². The Labute approximate surface area is 130 Å². The van der Waals surface area contributed by atoms with E-state index in [2.05, 4.69) is 15.9 Å². The quantitative estimate of drug-likeness (QED) is 0.645. The molecule has 0 bridgehead atoms. The Kier molecular flexibility index (Phi) is 4.47. The van der Waals surface area contributed by atoms with Crippen molar-refractivity contribution in [2.75, 3.05) is 7.11 Å². The molecule has 0 aromatic heterocycles. The van der Waals surface area contributed by atoms with Gasteiger partial charge >= 0.3 is 0 Å². The smallest absolute Gasteiger partial charge is 0.180 e. The van der Waals surface area contributed by atoms with Crippen LogP contribution in [0.25, 0.3) is 0 Å². The van der Waals surface area contributed by atoms with Gasteiger partial charge in [0.1, 0.15) is 5.84 Å². The Morgan fingerprint density at radius 2 is 1.86 bits per heavy atom. The van der Waals surface area contributed by atoms with Crippen molar-refractivity contribution in [2.24, 2.45) is 5.73 Å². The van der Waals surface area contributed by atoms with Crippen molar-refractivity contribution in [1.29, 1.82) is 5.41 Å². The molecule has 0 aliphatic heterocycles. The summed E-state index contributed by atoms with van der Waals surface area (Å²) in [6.45, 7) is 1.92. The molecule has 6 heteroatoms. The van der Waals surface area contributed by atoms with Crippen LogP contribution in [0.15, 0.2) is 34.8 Å². The summed E-state index contributed by atoms with van der Waals surface area (Å²) in [5, 5.41) is 7.37. The summed E-state index contributed by atoms with van der Waals surface area (Å²) in [6.07, 6.45) is 0. The van der Waals surface area contributed by atoms with E-state index in [1.807, 2.05) is 13.0 Å². The van der Waals surface area contributed by atoms with Gasteiger partial charge in [0.15, 0.2) is 23.1 Å². The van der Waals surface area contributed by atoms with Crippen molar-refractivity contribution in [3.05, 3.63) is 51.7 Å². The molecule has 0 heterocycles. The minimum absolute atomic E-state index is 0.0222. The lowest BCUT2D eigenvalue weighted by Crippen LogP contribution is -2.12. The van der Waals surface area contributed by atoms with Crippen molar-refractivity contribution < 1.29 is 13.9 Å². The molecular weight excluding hydrogens is 339 g/mol. The molecule has 0 amide bonds. The van der Waals surface area contributed by atoms with E-state index < -0.39 is 5.82 Å². The molecule has 0 saturated heterocycles. The molecule has 0 atom stereocenters. The highest BCUT2D eigenvalue weighted by atomic mass is 79.9. The van der Waals surface area contributed by atoms with E-state index in [1.165, 1.54) is 19.2 Å². The first kappa shape index (κ1) is 15.3. The molecule has 2 aromatic rings. The number of aryl methyl sites for hydroxylation is 1. The van der Waals surface area contributed by atoms with Crippen molar-refractivity contribution >= 4 is 21.8 Å². The fourth-order valence-corrected chi connectivity index (χ4v) is 2.34. The molecule has 0 saturated carbocycles. The number of rotatable bonds is 4. The summed E-state index contributed by atoms with van der Waals surface area (Å²) < 4.78 is 25.1. The van der Waals surface area contributed by atoms with E-state index in [0.717, 1.165) is 5.56 Å². The monoisotopic (exact) mass is 352 g/mol. The van der Waals surface area contributed by atoms with Crippen LogP contribution in [0.4, 0.5) is 4.39 Å². The molecule has 3 N–H and O–H groups in total. The van der Waals surface area contributed by atoms with Crippen molar-refractivity contribution in [3.63, 3.8) is 0 Å². The maximum absolute atomic E-state index is 14.3. The van der Waals surface area contributed by atoms with Gasteiger partial charge in [0.25, 0.3) is 0 Å². The highest BCUT2D eigenvalue weighted by Gasteiger charge is 2.16. The predicted molar refractivity (Wildman–Crippen MR) is 82.9 cm³/mol. The van der Waals surface area contributed by atoms with E-state index in [4.69, 9.17) is 20.6 Å². The lowest BCUT2D eigenvalue weighted by Gasteiger charge is -2.13. The molecule has 0 aliphatic carbocycles. The van der Waals surface area contributed by atoms with E-state index in [-0.39, 0.29) is 21.6 Å². The van der Waals surface area contributed by atoms with E-state index in [1.54, 1.807) is 12.1 Å². The number of hydrogen-bond acceptors (Lipinski definition) is 3. The molecule has 110 valence electrons. The maximum Gasteiger partial charge on any atom is 0.180 e. The first-order valence-corrected chi connectivity index (χ1v) is 6.88. The van der Waals surface area contributed by atoms with Crippen LogP contribution in [-0.4, -0.2) is 12.9 Å². The highest BCUT2D eigenvalue weighted by molar-refractivity contribution is 9.10. The number of hydrogen-bond donors (Lipinski definition) is 2. The van der Waals surface area contributed by atoms with Gasteiger partial charge in [-0.2, -0.15) is 0 Å². The molecule has 0 radical (unpaired) electrons. The highest BCUT2D eigenvalue weighted by Crippen LogP contribution is 2.36. The van der Waals surface area contributed by atoms with E-state index in [0.29, 0.717) is 11.5 Å². The van der Waals surface area contributed by atoms with Gasteiger partial charge in [-0.25, -0.2) is 4.39 Å². The lowest BCUT2D eigenvalue weighted by molar-refractivity contribution is 0.370. The van der Waals surface area contributed by atoms with Crippen LogP contribution in [0.2, 0.25) is 0 Å². The SMILES string of the molecule is COc1cc(C)ccc1Oc1ccc(C(=N)N)c(Br)c1F. The standard InChI is InChI=1S/C15H14BrFN2O2/c1-8-3-5-10(12(7-8)20-2)21-11-6-4-9(15(18)19)13(16)14(11)17/h3-7H,1-2H3,(H3,18,19). The van der Waals surface area contributed by atoms with Gasteiger partial charge in [-0.05, 0) is 52.7 Å². The van der Waals surface area contributed by atoms with Crippen molar-refractivity contribution in [1.82, 2.24) is 0 Å². The lowest BCUT2D eigenvalue weighted by atomic mass is 10.2. The minimum atomic E-state index is -0.620. The number of nitrogens with one attached hydrogen (secondary N) is 1. The zero-order chi connectivity index (χ0) is 15.6. The molecular formula is C15H14BrFN2O2. The average molecular weight is 353 g/mol. The third-order valence-electron chi connectivity index (χ3n) is 2.88. The van der Waals surface area contributed by atoms with Gasteiger partial charge in [0, 0.05) is 5.56 Å². The Balaban J connectivity index is 2.41. The summed E-state index contributed by atoms with van der Waals surface area (Å²) in [4.78, 5) is 0. The zero-order valence-electron chi connectivity index (χ0n) is 11.5. The average Bonchev–Trinajstić information content (AvgIpc) is 2.45. The van der Waals surface area contributed by atoms with Crippen LogP contribution in [0.3, 0.4) is 0 Å². The Morgan fingerprint density at radius 1 is 1.19 bits per heavy atom. The maximum atomic E-state index is 14.3. The largest absolute Gasteiger partial charge is 0.493 e. The van der Waals surface area contributed by atoms with Crippen LogP contribution >= 0.6 is 15.9 Å². The van der Waals surface area contributed by atoms with Gasteiger partial charge < -0.3 is 15.2 Å². The number of ether oxygens (including phenoxy) is 2. The molecule has 2 rings (SSSR count). The number of benzene rings is 2. The summed E-state index contributed by atoms with van der Waals surface area (Å²) >= 11 is 3.09. The Hall–Kier alpha value is -2.08. The number of nitrogens with two attached hydrogens (primary N) is 1. The fourth-order valence-electron chi connectivity index (χ4n) is 1.80. The van der Waals surface area contributed by atoms with E-state index >= 15 is 0 Å². The summed E-state index contributed by atoms with van der Waals surface area (Å²) in [7, 11) is 1.52. The number of nitrogen functional groups attached to an aromatic ring is 1. The topological polar surface area (TPSA) is 68.3 Å². The molecule has 2 aromatic carbocycles. The third-order valence-corrected chi connectivity index (χ3v) is 3.65. The normalized spacial score (nSPS) is 10.3.